The topological polar surface area (TPSA) is 46.5 Å². The van der Waals surface area contributed by atoms with Crippen LogP contribution in [-0.2, 0) is 11.3 Å². The van der Waals surface area contributed by atoms with Crippen molar-refractivity contribution in [2.45, 2.75) is 25.8 Å². The summed E-state index contributed by atoms with van der Waals surface area (Å²) in [4.78, 5) is 15.1. The predicted molar refractivity (Wildman–Crippen MR) is 98.9 cm³/mol. The van der Waals surface area contributed by atoms with Crippen LogP contribution in [0.5, 0.6) is 0 Å². The van der Waals surface area contributed by atoms with Gasteiger partial charge in [-0.05, 0) is 37.3 Å². The first-order valence-electron chi connectivity index (χ1n) is 9.48. The van der Waals surface area contributed by atoms with Gasteiger partial charge in [0.2, 0.25) is 0 Å². The summed E-state index contributed by atoms with van der Waals surface area (Å²) in [5, 5.41) is 4.27. The molecule has 2 aliphatic rings. The highest BCUT2D eigenvalue weighted by molar-refractivity contribution is 5.98. The molecule has 2 heterocycles. The minimum atomic E-state index is 0.0444. The Bertz CT molecular complexity index is 728. The van der Waals surface area contributed by atoms with Crippen LogP contribution in [-0.4, -0.2) is 54.8 Å². The third-order valence-corrected chi connectivity index (χ3v) is 5.21. The Morgan fingerprint density at radius 3 is 2.96 bits per heavy atom. The SMILES string of the molecule is O=C(NCCN1CCCOCC1)c1cc2ccccc2n1CC1CC1. The lowest BCUT2D eigenvalue weighted by Gasteiger charge is -2.19. The fourth-order valence-corrected chi connectivity index (χ4v) is 3.59. The largest absolute Gasteiger partial charge is 0.380 e. The van der Waals surface area contributed by atoms with Gasteiger partial charge in [0.1, 0.15) is 5.69 Å². The molecule has 1 saturated carbocycles. The van der Waals surface area contributed by atoms with Crippen molar-refractivity contribution in [1.29, 1.82) is 0 Å². The number of para-hydroxylation sites is 1. The van der Waals surface area contributed by atoms with E-state index in [0.717, 1.165) is 62.8 Å². The van der Waals surface area contributed by atoms with Crippen LogP contribution in [0.25, 0.3) is 10.9 Å². The van der Waals surface area contributed by atoms with Crippen molar-refractivity contribution in [1.82, 2.24) is 14.8 Å². The van der Waals surface area contributed by atoms with Crippen molar-refractivity contribution in [3.05, 3.63) is 36.0 Å². The first kappa shape index (κ1) is 16.6. The Balaban J connectivity index is 1.42. The molecule has 25 heavy (non-hydrogen) atoms. The number of ether oxygens (including phenoxy) is 1. The van der Waals surface area contributed by atoms with Crippen molar-refractivity contribution in [2.75, 3.05) is 39.4 Å². The molecule has 1 aliphatic heterocycles. The molecule has 0 spiro atoms. The van der Waals surface area contributed by atoms with Gasteiger partial charge in [-0.25, -0.2) is 0 Å². The van der Waals surface area contributed by atoms with E-state index in [1.165, 1.54) is 18.4 Å². The van der Waals surface area contributed by atoms with Gasteiger partial charge in [0, 0.05) is 50.2 Å². The second-order valence-corrected chi connectivity index (χ2v) is 7.21. The van der Waals surface area contributed by atoms with E-state index in [9.17, 15) is 4.79 Å². The van der Waals surface area contributed by atoms with Crippen LogP contribution < -0.4 is 5.32 Å². The van der Waals surface area contributed by atoms with Gasteiger partial charge in [0.15, 0.2) is 0 Å². The zero-order valence-corrected chi connectivity index (χ0v) is 14.7. The van der Waals surface area contributed by atoms with E-state index in [4.69, 9.17) is 4.74 Å². The first-order valence-corrected chi connectivity index (χ1v) is 9.48. The standard InChI is InChI=1S/C20H27N3O2/c24-20(21-8-10-22-9-3-12-25-13-11-22)19-14-17-4-1-2-5-18(17)23(19)15-16-6-7-16/h1-2,4-5,14,16H,3,6-13,15H2,(H,21,24). The van der Waals surface area contributed by atoms with Crippen LogP contribution in [0.2, 0.25) is 0 Å². The molecule has 1 aromatic carbocycles. The number of carbonyl (C=O) groups is 1. The monoisotopic (exact) mass is 341 g/mol. The van der Waals surface area contributed by atoms with Gasteiger partial charge < -0.3 is 14.6 Å². The minimum Gasteiger partial charge on any atom is -0.380 e. The molecule has 0 unspecified atom stereocenters. The molecule has 1 amide bonds. The van der Waals surface area contributed by atoms with Crippen LogP contribution >= 0.6 is 0 Å². The summed E-state index contributed by atoms with van der Waals surface area (Å²) in [7, 11) is 0. The highest BCUT2D eigenvalue weighted by atomic mass is 16.5. The van der Waals surface area contributed by atoms with E-state index < -0.39 is 0 Å². The molecule has 1 aromatic heterocycles. The van der Waals surface area contributed by atoms with Crippen molar-refractivity contribution >= 4 is 16.8 Å². The third kappa shape index (κ3) is 4.05. The van der Waals surface area contributed by atoms with Crippen LogP contribution in [0.15, 0.2) is 30.3 Å². The van der Waals surface area contributed by atoms with E-state index in [-0.39, 0.29) is 5.91 Å². The number of amides is 1. The summed E-state index contributed by atoms with van der Waals surface area (Å²) < 4.78 is 7.69. The van der Waals surface area contributed by atoms with Crippen LogP contribution in [0, 0.1) is 5.92 Å². The number of fused-ring (bicyclic) bond motifs is 1. The number of carbonyl (C=O) groups excluding carboxylic acids is 1. The smallest absolute Gasteiger partial charge is 0.267 e. The molecule has 0 atom stereocenters. The number of hydrogen-bond acceptors (Lipinski definition) is 3. The van der Waals surface area contributed by atoms with E-state index in [1.54, 1.807) is 0 Å². The highest BCUT2D eigenvalue weighted by Crippen LogP contribution is 2.33. The number of rotatable bonds is 6. The van der Waals surface area contributed by atoms with E-state index in [1.807, 2.05) is 12.1 Å². The number of hydrogen-bond donors (Lipinski definition) is 1. The second kappa shape index (κ2) is 7.58. The maximum Gasteiger partial charge on any atom is 0.267 e. The Morgan fingerprint density at radius 1 is 1.20 bits per heavy atom. The van der Waals surface area contributed by atoms with Gasteiger partial charge in [0.05, 0.1) is 6.61 Å². The minimum absolute atomic E-state index is 0.0444. The van der Waals surface area contributed by atoms with Crippen molar-refractivity contribution in [2.24, 2.45) is 5.92 Å². The maximum atomic E-state index is 12.8. The van der Waals surface area contributed by atoms with Gasteiger partial charge >= 0.3 is 0 Å². The van der Waals surface area contributed by atoms with Gasteiger partial charge in [-0.1, -0.05) is 18.2 Å². The fraction of sp³-hybridized carbons (Fsp3) is 0.550. The molecule has 5 heteroatoms. The molecule has 2 aromatic rings. The summed E-state index contributed by atoms with van der Waals surface area (Å²) in [6, 6.07) is 10.3. The van der Waals surface area contributed by atoms with Crippen molar-refractivity contribution in [3.63, 3.8) is 0 Å². The third-order valence-electron chi connectivity index (χ3n) is 5.21. The molecule has 1 N–H and O–H groups in total. The van der Waals surface area contributed by atoms with E-state index in [2.05, 4.69) is 33.0 Å². The van der Waals surface area contributed by atoms with Gasteiger partial charge in [0.25, 0.3) is 5.91 Å². The van der Waals surface area contributed by atoms with Crippen LogP contribution in [0.4, 0.5) is 0 Å². The molecule has 1 saturated heterocycles. The highest BCUT2D eigenvalue weighted by Gasteiger charge is 2.25. The first-order chi connectivity index (χ1) is 12.3. The van der Waals surface area contributed by atoms with Crippen LogP contribution in [0.3, 0.4) is 0 Å². The Morgan fingerprint density at radius 2 is 2.08 bits per heavy atom. The second-order valence-electron chi connectivity index (χ2n) is 7.21. The van der Waals surface area contributed by atoms with Crippen molar-refractivity contribution in [3.8, 4) is 0 Å². The molecular formula is C20H27N3O2. The zero-order valence-electron chi connectivity index (χ0n) is 14.7. The number of benzene rings is 1. The maximum absolute atomic E-state index is 12.8. The zero-order chi connectivity index (χ0) is 17.1. The average molecular weight is 341 g/mol. The van der Waals surface area contributed by atoms with Crippen molar-refractivity contribution < 1.29 is 9.53 Å². The molecule has 1 aliphatic carbocycles. The molecule has 0 bridgehead atoms. The summed E-state index contributed by atoms with van der Waals surface area (Å²) in [6.45, 7) is 6.19. The normalized spacial score (nSPS) is 19.0. The lowest BCUT2D eigenvalue weighted by molar-refractivity contribution is 0.0938. The Labute approximate surface area is 148 Å². The van der Waals surface area contributed by atoms with Gasteiger partial charge in [-0.3, -0.25) is 9.69 Å². The summed E-state index contributed by atoms with van der Waals surface area (Å²) in [5.74, 6) is 0.780. The Hall–Kier alpha value is -1.85. The van der Waals surface area contributed by atoms with Gasteiger partial charge in [-0.2, -0.15) is 0 Å². The van der Waals surface area contributed by atoms with Gasteiger partial charge in [-0.15, -0.1) is 0 Å². The number of nitrogens with one attached hydrogen (secondary N) is 1. The summed E-state index contributed by atoms with van der Waals surface area (Å²) in [5.41, 5.74) is 1.97. The predicted octanol–water partition coefficient (Wildman–Crippen LogP) is 2.50. The fourth-order valence-electron chi connectivity index (χ4n) is 3.59. The number of aromatic nitrogens is 1. The summed E-state index contributed by atoms with van der Waals surface area (Å²) in [6.07, 6.45) is 3.64. The lowest BCUT2D eigenvalue weighted by Crippen LogP contribution is -2.36. The average Bonchev–Trinajstić information content (AvgIpc) is 3.41. The molecular weight excluding hydrogens is 314 g/mol. The summed E-state index contributed by atoms with van der Waals surface area (Å²) >= 11 is 0. The lowest BCUT2D eigenvalue weighted by atomic mass is 10.2. The quantitative estimate of drug-likeness (QED) is 0.878. The Kier molecular flexibility index (Phi) is 5.04. The molecule has 0 radical (unpaired) electrons. The molecule has 134 valence electrons. The van der Waals surface area contributed by atoms with E-state index in [0.29, 0.717) is 6.54 Å². The molecule has 5 nitrogen and oxygen atoms in total. The number of nitrogens with zero attached hydrogens (tertiary/aromatic N) is 2. The molecule has 4 rings (SSSR count). The molecule has 2 fully saturated rings. The van der Waals surface area contributed by atoms with Crippen LogP contribution in [0.1, 0.15) is 29.8 Å². The van der Waals surface area contributed by atoms with E-state index >= 15 is 0 Å².